The molecule has 26 heavy (non-hydrogen) atoms. The monoisotopic (exact) mass is 351 g/mol. The van der Waals surface area contributed by atoms with E-state index >= 15 is 0 Å². The Kier molecular flexibility index (Phi) is 4.16. The molecule has 0 aliphatic carbocycles. The van der Waals surface area contributed by atoms with Crippen molar-refractivity contribution in [3.63, 3.8) is 0 Å². The van der Waals surface area contributed by atoms with Crippen LogP contribution < -0.4 is 10.1 Å². The lowest BCUT2D eigenvalue weighted by Crippen LogP contribution is -2.24. The summed E-state index contributed by atoms with van der Waals surface area (Å²) in [5.74, 6) is 0.844. The largest absolute Gasteiger partial charge is 0.488 e. The number of fused-ring (bicyclic) bond motifs is 1. The first-order valence-electron chi connectivity index (χ1n) is 8.40. The third-order valence-electron chi connectivity index (χ3n) is 4.63. The molecule has 1 aliphatic heterocycles. The molecule has 0 saturated carbocycles. The van der Waals surface area contributed by atoms with Crippen LogP contribution in [0.1, 0.15) is 29.0 Å². The summed E-state index contributed by atoms with van der Waals surface area (Å²) in [4.78, 5) is 12.2. The Morgan fingerprint density at radius 2 is 1.96 bits per heavy atom. The fourth-order valence-corrected chi connectivity index (χ4v) is 3.29. The average molecular weight is 351 g/mol. The van der Waals surface area contributed by atoms with Gasteiger partial charge in [0.05, 0.1) is 6.20 Å². The molecular formula is C20H18FN3O2. The molecule has 0 bridgehead atoms. The highest BCUT2D eigenvalue weighted by Gasteiger charge is 2.31. The topological polar surface area (TPSA) is 56.2 Å². The van der Waals surface area contributed by atoms with Crippen LogP contribution in [0.3, 0.4) is 0 Å². The van der Waals surface area contributed by atoms with Crippen molar-refractivity contribution in [2.45, 2.75) is 18.9 Å². The van der Waals surface area contributed by atoms with Crippen molar-refractivity contribution < 1.29 is 13.9 Å². The molecular weight excluding hydrogens is 333 g/mol. The number of nitrogens with zero attached hydrogens (tertiary/aromatic N) is 2. The Morgan fingerprint density at radius 1 is 1.19 bits per heavy atom. The number of rotatable bonds is 4. The number of hydrogen-bond donors (Lipinski definition) is 1. The number of carbonyl (C=O) groups is 1. The Labute approximate surface area is 150 Å². The Hall–Kier alpha value is -3.15. The second kappa shape index (κ2) is 6.63. The normalized spacial score (nSPS) is 16.1. The van der Waals surface area contributed by atoms with Crippen molar-refractivity contribution >= 4 is 11.7 Å². The molecule has 4 rings (SSSR count). The van der Waals surface area contributed by atoms with Crippen LogP contribution in [0.15, 0.2) is 54.7 Å². The predicted molar refractivity (Wildman–Crippen MR) is 95.5 cm³/mol. The fraction of sp³-hybridized carbons (Fsp3) is 0.200. The van der Waals surface area contributed by atoms with Gasteiger partial charge in [-0.3, -0.25) is 9.48 Å². The minimum atomic E-state index is -0.295. The van der Waals surface area contributed by atoms with Crippen molar-refractivity contribution in [1.29, 1.82) is 0 Å². The summed E-state index contributed by atoms with van der Waals surface area (Å²) >= 11 is 0. The maximum Gasteiger partial charge on any atom is 0.226 e. The summed E-state index contributed by atoms with van der Waals surface area (Å²) in [6, 6.07) is 14.1. The number of hydrogen-bond acceptors (Lipinski definition) is 3. The first kappa shape index (κ1) is 16.3. The van der Waals surface area contributed by atoms with Gasteiger partial charge >= 0.3 is 0 Å². The zero-order valence-electron chi connectivity index (χ0n) is 14.3. The quantitative estimate of drug-likeness (QED) is 0.781. The number of anilines is 1. The average Bonchev–Trinajstić information content (AvgIpc) is 3.02. The SMILES string of the molecule is Cn1ncc2c1NC(=O)CC2c1ccccc1OCc1ccccc1F. The molecule has 2 heterocycles. The molecule has 0 fully saturated rings. The van der Waals surface area contributed by atoms with Crippen LogP contribution in [-0.2, 0) is 18.4 Å². The van der Waals surface area contributed by atoms with E-state index in [0.717, 1.165) is 11.1 Å². The van der Waals surface area contributed by atoms with E-state index in [-0.39, 0.29) is 24.2 Å². The van der Waals surface area contributed by atoms with Crippen LogP contribution in [-0.4, -0.2) is 15.7 Å². The summed E-state index contributed by atoms with van der Waals surface area (Å²) < 4.78 is 21.4. The van der Waals surface area contributed by atoms with Gasteiger partial charge in [0.2, 0.25) is 5.91 Å². The molecule has 6 heteroatoms. The molecule has 1 N–H and O–H groups in total. The van der Waals surface area contributed by atoms with E-state index in [1.807, 2.05) is 24.3 Å². The standard InChI is InChI=1S/C20H18FN3O2/c1-24-20-16(11-22-24)15(10-19(25)23-20)14-7-3-5-9-18(14)26-12-13-6-2-4-8-17(13)21/h2-9,11,15H,10,12H2,1H3,(H,23,25). The van der Waals surface area contributed by atoms with Crippen molar-refractivity contribution in [2.24, 2.45) is 7.05 Å². The summed E-state index contributed by atoms with van der Waals surface area (Å²) in [6.07, 6.45) is 2.09. The van der Waals surface area contributed by atoms with Crippen LogP contribution >= 0.6 is 0 Å². The summed E-state index contributed by atoms with van der Waals surface area (Å²) in [7, 11) is 1.79. The number of halogens is 1. The molecule has 1 amide bonds. The number of benzene rings is 2. The molecule has 5 nitrogen and oxygen atoms in total. The van der Waals surface area contributed by atoms with Crippen molar-refractivity contribution in [3.8, 4) is 5.75 Å². The van der Waals surface area contributed by atoms with Gasteiger partial charge in [0.1, 0.15) is 24.0 Å². The van der Waals surface area contributed by atoms with E-state index < -0.39 is 0 Å². The number of carbonyl (C=O) groups excluding carboxylic acids is 1. The van der Waals surface area contributed by atoms with Crippen molar-refractivity contribution in [2.75, 3.05) is 5.32 Å². The number of para-hydroxylation sites is 1. The fourth-order valence-electron chi connectivity index (χ4n) is 3.29. The molecule has 2 aromatic carbocycles. The molecule has 132 valence electrons. The lowest BCUT2D eigenvalue weighted by Gasteiger charge is -2.25. The van der Waals surface area contributed by atoms with Gasteiger partial charge in [0.15, 0.2) is 0 Å². The second-order valence-electron chi connectivity index (χ2n) is 6.29. The number of aromatic nitrogens is 2. The van der Waals surface area contributed by atoms with E-state index in [4.69, 9.17) is 4.74 Å². The van der Waals surface area contributed by atoms with Crippen molar-refractivity contribution in [3.05, 3.63) is 77.2 Å². The van der Waals surface area contributed by atoms with Crippen molar-refractivity contribution in [1.82, 2.24) is 9.78 Å². The molecule has 0 saturated heterocycles. The van der Waals surface area contributed by atoms with Crippen LogP contribution in [0.5, 0.6) is 5.75 Å². The van der Waals surface area contributed by atoms with Crippen LogP contribution in [0.2, 0.25) is 0 Å². The van der Waals surface area contributed by atoms with E-state index in [0.29, 0.717) is 23.6 Å². The summed E-state index contributed by atoms with van der Waals surface area (Å²) in [5.41, 5.74) is 2.34. The van der Waals surface area contributed by atoms with Crippen LogP contribution in [0.25, 0.3) is 0 Å². The maximum absolute atomic E-state index is 13.9. The molecule has 1 atom stereocenters. The van der Waals surface area contributed by atoms with E-state index in [9.17, 15) is 9.18 Å². The number of nitrogens with one attached hydrogen (secondary N) is 1. The highest BCUT2D eigenvalue weighted by molar-refractivity contribution is 5.94. The van der Waals surface area contributed by atoms with Gasteiger partial charge in [-0.25, -0.2) is 4.39 Å². The zero-order valence-corrected chi connectivity index (χ0v) is 14.3. The highest BCUT2D eigenvalue weighted by atomic mass is 19.1. The van der Waals surface area contributed by atoms with Gasteiger partial charge in [0.25, 0.3) is 0 Å². The molecule has 1 aromatic heterocycles. The Balaban J connectivity index is 1.66. The summed E-state index contributed by atoms with van der Waals surface area (Å²) in [5, 5.41) is 7.12. The van der Waals surface area contributed by atoms with Crippen LogP contribution in [0, 0.1) is 5.82 Å². The number of ether oxygens (including phenoxy) is 1. The van der Waals surface area contributed by atoms with E-state index in [1.165, 1.54) is 6.07 Å². The van der Waals surface area contributed by atoms with E-state index in [2.05, 4.69) is 10.4 Å². The smallest absolute Gasteiger partial charge is 0.226 e. The van der Waals surface area contributed by atoms with Crippen LogP contribution in [0.4, 0.5) is 10.2 Å². The third kappa shape index (κ3) is 2.94. The molecule has 0 spiro atoms. The Bertz CT molecular complexity index is 967. The second-order valence-corrected chi connectivity index (χ2v) is 6.29. The number of aryl methyl sites for hydroxylation is 1. The third-order valence-corrected chi connectivity index (χ3v) is 4.63. The maximum atomic E-state index is 13.9. The minimum absolute atomic E-state index is 0.0602. The van der Waals surface area contributed by atoms with Gasteiger partial charge < -0.3 is 10.1 Å². The Morgan fingerprint density at radius 3 is 2.81 bits per heavy atom. The lowest BCUT2D eigenvalue weighted by molar-refractivity contribution is -0.116. The van der Waals surface area contributed by atoms with Gasteiger partial charge in [-0.05, 0) is 12.1 Å². The predicted octanol–water partition coefficient (Wildman–Crippen LogP) is 3.61. The zero-order chi connectivity index (χ0) is 18.1. The molecule has 3 aromatic rings. The number of amides is 1. The van der Waals surface area contributed by atoms with Gasteiger partial charge in [-0.2, -0.15) is 5.10 Å². The molecule has 1 aliphatic rings. The first-order chi connectivity index (χ1) is 12.6. The molecule has 0 radical (unpaired) electrons. The summed E-state index contributed by atoms with van der Waals surface area (Å²) in [6.45, 7) is 0.127. The van der Waals surface area contributed by atoms with E-state index in [1.54, 1.807) is 36.1 Å². The first-order valence-corrected chi connectivity index (χ1v) is 8.40. The van der Waals surface area contributed by atoms with Gasteiger partial charge in [-0.15, -0.1) is 0 Å². The molecule has 1 unspecified atom stereocenters. The van der Waals surface area contributed by atoms with Gasteiger partial charge in [0, 0.05) is 36.1 Å². The lowest BCUT2D eigenvalue weighted by atomic mass is 9.87. The minimum Gasteiger partial charge on any atom is -0.488 e. The van der Waals surface area contributed by atoms with Gasteiger partial charge in [-0.1, -0.05) is 36.4 Å². The highest BCUT2D eigenvalue weighted by Crippen LogP contribution is 2.40.